The van der Waals surface area contributed by atoms with E-state index in [-0.39, 0.29) is 5.03 Å². The summed E-state index contributed by atoms with van der Waals surface area (Å²) in [6, 6.07) is 0. The van der Waals surface area contributed by atoms with Gasteiger partial charge in [-0.1, -0.05) is 23.2 Å². The highest BCUT2D eigenvalue weighted by atomic mass is 35.5. The highest BCUT2D eigenvalue weighted by Gasteiger charge is 2.03. The molecule has 0 rings (SSSR count). The average Bonchev–Trinajstić information content (AvgIpc) is 1.62. The molecule has 54 valence electrons. The predicted molar refractivity (Wildman–Crippen MR) is 37.8 cm³/mol. The van der Waals surface area contributed by atoms with E-state index in [0.29, 0.717) is 0 Å². The van der Waals surface area contributed by atoms with Crippen molar-refractivity contribution in [3.05, 3.63) is 10.6 Å². The van der Waals surface area contributed by atoms with E-state index in [1.807, 2.05) is 0 Å². The second-order valence-corrected chi connectivity index (χ2v) is 3.68. The normalized spacial score (nSPS) is 13.9. The van der Waals surface area contributed by atoms with Crippen molar-refractivity contribution in [3.8, 4) is 0 Å². The first-order valence-corrected chi connectivity index (χ1v) is 4.44. The molecule has 0 bridgehead atoms. The van der Waals surface area contributed by atoms with Crippen LogP contribution in [0.15, 0.2) is 10.6 Å². The minimum atomic E-state index is -3.52. The van der Waals surface area contributed by atoms with Crippen LogP contribution in [-0.2, 0) is 10.0 Å². The van der Waals surface area contributed by atoms with Crippen LogP contribution in [0.3, 0.4) is 0 Å². The van der Waals surface area contributed by atoms with Crippen molar-refractivity contribution in [3.63, 3.8) is 0 Å². The number of sulfonamides is 1. The van der Waals surface area contributed by atoms with Crippen molar-refractivity contribution < 1.29 is 8.42 Å². The molecule has 0 aromatic heterocycles. The van der Waals surface area contributed by atoms with E-state index in [4.69, 9.17) is 23.2 Å². The van der Waals surface area contributed by atoms with Crippen molar-refractivity contribution >= 4 is 33.2 Å². The Labute approximate surface area is 63.5 Å². The largest absolute Gasteiger partial charge is 0.228 e. The van der Waals surface area contributed by atoms with Gasteiger partial charge in [0.2, 0.25) is 10.0 Å². The Hall–Kier alpha value is 0.230. The molecule has 0 aromatic carbocycles. The maximum absolute atomic E-state index is 10.2. The molecule has 0 aliphatic rings. The van der Waals surface area contributed by atoms with E-state index >= 15 is 0 Å². The van der Waals surface area contributed by atoms with Crippen molar-refractivity contribution in [2.45, 2.75) is 0 Å². The summed E-state index contributed by atoms with van der Waals surface area (Å²) in [7, 11) is -3.52. The Bertz CT molecular complexity index is 208. The summed E-state index contributed by atoms with van der Waals surface area (Å²) < 4.78 is 20.4. The van der Waals surface area contributed by atoms with Gasteiger partial charge in [-0.05, 0) is 0 Å². The summed E-state index contributed by atoms with van der Waals surface area (Å²) in [6.45, 7) is 0. The van der Waals surface area contributed by atoms with Crippen LogP contribution < -0.4 is 5.14 Å². The summed E-state index contributed by atoms with van der Waals surface area (Å²) in [5.74, 6) is -0.405. The van der Waals surface area contributed by atoms with E-state index in [9.17, 15) is 8.42 Å². The maximum atomic E-state index is 10.2. The topological polar surface area (TPSA) is 60.2 Å². The zero-order valence-corrected chi connectivity index (χ0v) is 6.67. The lowest BCUT2D eigenvalue weighted by Gasteiger charge is -1.91. The van der Waals surface area contributed by atoms with Gasteiger partial charge in [0.15, 0.2) is 0 Å². The van der Waals surface area contributed by atoms with Crippen LogP contribution in [0.25, 0.3) is 0 Å². The number of halogens is 2. The lowest BCUT2D eigenvalue weighted by molar-refractivity contribution is 0.600. The summed E-state index contributed by atoms with van der Waals surface area (Å²) >= 11 is 10.3. The Morgan fingerprint density at radius 1 is 1.67 bits per heavy atom. The molecule has 3 nitrogen and oxygen atoms in total. The quantitative estimate of drug-likeness (QED) is 0.692. The zero-order chi connectivity index (χ0) is 7.49. The highest BCUT2D eigenvalue weighted by Crippen LogP contribution is 2.03. The van der Waals surface area contributed by atoms with Gasteiger partial charge in [-0.15, -0.1) is 0 Å². The summed E-state index contributed by atoms with van der Waals surface area (Å²) in [6.07, 6.45) is 0. The van der Waals surface area contributed by atoms with Crippen LogP contribution in [0.2, 0.25) is 0 Å². The molecular formula is C3H5Cl2NO2S. The fourth-order valence-corrected chi connectivity index (χ4v) is 1.32. The Kier molecular flexibility index (Phi) is 3.50. The van der Waals surface area contributed by atoms with Gasteiger partial charge in [0.25, 0.3) is 0 Å². The van der Waals surface area contributed by atoms with Crippen molar-refractivity contribution in [2.24, 2.45) is 5.14 Å². The van der Waals surface area contributed by atoms with Crippen LogP contribution in [0.4, 0.5) is 0 Å². The molecule has 0 aliphatic heterocycles. The van der Waals surface area contributed by atoms with E-state index in [0.717, 1.165) is 5.54 Å². The van der Waals surface area contributed by atoms with Crippen molar-refractivity contribution in [1.29, 1.82) is 0 Å². The standard InChI is InChI=1S/C3H5Cl2NO2S/c4-1-3(5)2-9(6,7)8/h1H,2H2,(H2,6,7,8)/b3-1+. The molecule has 0 amide bonds. The SMILES string of the molecule is NS(=O)(=O)C/C(Cl)=C\Cl. The molecule has 0 spiro atoms. The van der Waals surface area contributed by atoms with Crippen molar-refractivity contribution in [1.82, 2.24) is 0 Å². The molecule has 0 saturated heterocycles. The lowest BCUT2D eigenvalue weighted by Crippen LogP contribution is -2.16. The third kappa shape index (κ3) is 6.11. The van der Waals surface area contributed by atoms with Gasteiger partial charge >= 0.3 is 0 Å². The molecule has 0 aromatic rings. The molecule has 0 saturated carbocycles. The van der Waals surface area contributed by atoms with Gasteiger partial charge in [0.05, 0.1) is 0 Å². The first kappa shape index (κ1) is 9.23. The first-order chi connectivity index (χ1) is 3.95. The minimum Gasteiger partial charge on any atom is -0.228 e. The van der Waals surface area contributed by atoms with Crippen LogP contribution in [-0.4, -0.2) is 14.2 Å². The molecule has 0 radical (unpaired) electrons. The van der Waals surface area contributed by atoms with Gasteiger partial charge < -0.3 is 0 Å². The molecule has 0 heterocycles. The van der Waals surface area contributed by atoms with E-state index in [1.54, 1.807) is 0 Å². The van der Waals surface area contributed by atoms with Crippen LogP contribution in [0.1, 0.15) is 0 Å². The maximum Gasteiger partial charge on any atom is 0.214 e. The monoisotopic (exact) mass is 189 g/mol. The third-order valence-corrected chi connectivity index (χ3v) is 1.95. The molecule has 0 fully saturated rings. The molecule has 0 atom stereocenters. The Morgan fingerprint density at radius 2 is 2.11 bits per heavy atom. The number of primary sulfonamides is 1. The molecule has 6 heteroatoms. The number of hydrogen-bond acceptors (Lipinski definition) is 2. The fraction of sp³-hybridized carbons (Fsp3) is 0.333. The second-order valence-electron chi connectivity index (χ2n) is 1.36. The van der Waals surface area contributed by atoms with E-state index in [1.165, 1.54) is 0 Å². The van der Waals surface area contributed by atoms with Gasteiger partial charge in [0, 0.05) is 10.6 Å². The van der Waals surface area contributed by atoms with Gasteiger partial charge in [0.1, 0.15) is 5.75 Å². The lowest BCUT2D eigenvalue weighted by atomic mass is 10.7. The van der Waals surface area contributed by atoms with Crippen LogP contribution in [0.5, 0.6) is 0 Å². The third-order valence-electron chi connectivity index (χ3n) is 0.457. The number of hydrogen-bond donors (Lipinski definition) is 1. The van der Waals surface area contributed by atoms with Gasteiger partial charge in [-0.2, -0.15) is 0 Å². The first-order valence-electron chi connectivity index (χ1n) is 1.91. The Balaban J connectivity index is 4.07. The molecule has 9 heavy (non-hydrogen) atoms. The summed E-state index contributed by atoms with van der Waals surface area (Å²) in [4.78, 5) is 0. The van der Waals surface area contributed by atoms with Crippen molar-refractivity contribution in [2.75, 3.05) is 5.75 Å². The number of nitrogens with two attached hydrogens (primary N) is 1. The van der Waals surface area contributed by atoms with Crippen LogP contribution in [0, 0.1) is 0 Å². The molecule has 2 N–H and O–H groups in total. The molecule has 0 unspecified atom stereocenters. The fourth-order valence-electron chi connectivity index (χ4n) is 0.224. The second kappa shape index (κ2) is 3.41. The van der Waals surface area contributed by atoms with E-state index in [2.05, 4.69) is 5.14 Å². The number of rotatable bonds is 2. The summed E-state index contributed by atoms with van der Waals surface area (Å²) in [5, 5.41) is 4.61. The summed E-state index contributed by atoms with van der Waals surface area (Å²) in [5.41, 5.74) is 0.964. The minimum absolute atomic E-state index is 0.0131. The average molecular weight is 190 g/mol. The van der Waals surface area contributed by atoms with Gasteiger partial charge in [-0.3, -0.25) is 0 Å². The van der Waals surface area contributed by atoms with Gasteiger partial charge in [-0.25, -0.2) is 13.6 Å². The molecular weight excluding hydrogens is 185 g/mol. The Morgan fingerprint density at radius 3 is 2.22 bits per heavy atom. The smallest absolute Gasteiger partial charge is 0.214 e. The highest BCUT2D eigenvalue weighted by molar-refractivity contribution is 7.89. The zero-order valence-electron chi connectivity index (χ0n) is 4.34. The predicted octanol–water partition coefficient (Wildman–Crippen LogP) is 0.594. The molecule has 0 aliphatic carbocycles. The van der Waals surface area contributed by atoms with Crippen LogP contribution >= 0.6 is 23.2 Å². The van der Waals surface area contributed by atoms with E-state index < -0.39 is 15.8 Å².